The zero-order valence-electron chi connectivity index (χ0n) is 40.2. The Morgan fingerprint density at radius 2 is 0.787 bits per heavy atom. The minimum atomic E-state index is 0.691. The molecule has 7 nitrogen and oxygen atoms in total. The van der Waals surface area contributed by atoms with E-state index in [0.717, 1.165) is 129 Å². The number of fused-ring (bicyclic) bond motifs is 11. The van der Waals surface area contributed by atoms with Gasteiger partial charge in [-0.1, -0.05) is 152 Å². The summed E-state index contributed by atoms with van der Waals surface area (Å²) in [5, 5.41) is 5.69. The van der Waals surface area contributed by atoms with E-state index in [4.69, 9.17) is 19.4 Å². The maximum atomic E-state index is 6.77. The lowest BCUT2D eigenvalue weighted by atomic mass is 9.99. The Bertz CT molecular complexity index is 4600. The van der Waals surface area contributed by atoms with E-state index in [0.29, 0.717) is 5.82 Å². The molecule has 5 heterocycles. The third-order valence-electron chi connectivity index (χ3n) is 15.0. The van der Waals surface area contributed by atoms with Crippen LogP contribution in [0.25, 0.3) is 111 Å². The van der Waals surface area contributed by atoms with E-state index >= 15 is 0 Å². The number of rotatable bonds is 6. The molecule has 350 valence electrons. The second-order valence-electron chi connectivity index (χ2n) is 19.3. The summed E-state index contributed by atoms with van der Waals surface area (Å²) in [6.07, 6.45) is 0. The molecule has 11 aromatic carbocycles. The molecular formula is C68H41N5O2. The largest absolute Gasteiger partial charge is 0.453 e. The van der Waals surface area contributed by atoms with Crippen molar-refractivity contribution in [3.05, 3.63) is 249 Å². The minimum Gasteiger partial charge on any atom is -0.453 e. The van der Waals surface area contributed by atoms with Crippen molar-refractivity contribution in [2.75, 3.05) is 4.90 Å². The van der Waals surface area contributed by atoms with Crippen molar-refractivity contribution in [1.29, 1.82) is 0 Å². The average Bonchev–Trinajstić information content (AvgIpc) is 4.03. The van der Waals surface area contributed by atoms with Gasteiger partial charge in [-0.05, 0) is 107 Å². The lowest BCUT2D eigenvalue weighted by Gasteiger charge is -2.38. The third kappa shape index (κ3) is 6.41. The van der Waals surface area contributed by atoms with Gasteiger partial charge in [0.1, 0.15) is 5.69 Å². The number of nitrogens with zero attached hydrogens (tertiary/aromatic N) is 5. The summed E-state index contributed by atoms with van der Waals surface area (Å²) < 4.78 is 18.3. The van der Waals surface area contributed by atoms with Gasteiger partial charge in [0.25, 0.3) is 0 Å². The van der Waals surface area contributed by atoms with Crippen molar-refractivity contribution in [1.82, 2.24) is 19.1 Å². The zero-order chi connectivity index (χ0) is 49.1. The van der Waals surface area contributed by atoms with Gasteiger partial charge in [0.05, 0.1) is 50.3 Å². The Labute approximate surface area is 431 Å². The van der Waals surface area contributed by atoms with Gasteiger partial charge >= 0.3 is 0 Å². The standard InChI is InChI=1S/C68H41N5O2/c1-3-16-42(17-4-1)44-30-33-58-53(37-44)54-39-46(32-35-59(54)72(58)49-40-64-67-65(41-49)75-63-29-14-12-27-61(63)73(67)60-26-11-13-28-62(60)74-64)45-31-34-57-52(38-45)50-22-8-10-25-56(50)71(57)48-21-15-20-47(36-48)68-69-55-24-9-7-23-51(55)66(70-68)43-18-5-2-6-19-43/h1-41H. The Balaban J connectivity index is 0.845. The molecule has 3 aromatic heterocycles. The molecule has 2 aliphatic heterocycles. The zero-order valence-corrected chi connectivity index (χ0v) is 40.2. The van der Waals surface area contributed by atoms with E-state index in [1.807, 2.05) is 36.4 Å². The number of benzene rings is 11. The van der Waals surface area contributed by atoms with Gasteiger partial charge in [0, 0.05) is 55.9 Å². The van der Waals surface area contributed by atoms with Crippen LogP contribution in [0.5, 0.6) is 23.0 Å². The molecule has 2 aliphatic rings. The van der Waals surface area contributed by atoms with Gasteiger partial charge in [0.15, 0.2) is 28.8 Å². The van der Waals surface area contributed by atoms with Crippen LogP contribution in [0.4, 0.5) is 17.1 Å². The number of para-hydroxylation sites is 6. The monoisotopic (exact) mass is 959 g/mol. The van der Waals surface area contributed by atoms with Crippen molar-refractivity contribution < 1.29 is 9.47 Å². The highest BCUT2D eigenvalue weighted by Gasteiger charge is 2.35. The first-order valence-corrected chi connectivity index (χ1v) is 25.3. The lowest BCUT2D eigenvalue weighted by Crippen LogP contribution is -2.20. The fourth-order valence-electron chi connectivity index (χ4n) is 11.7. The first-order chi connectivity index (χ1) is 37.2. The molecule has 0 spiro atoms. The van der Waals surface area contributed by atoms with E-state index in [9.17, 15) is 0 Å². The van der Waals surface area contributed by atoms with Gasteiger partial charge < -0.3 is 18.6 Å². The number of ether oxygens (including phenoxy) is 2. The summed E-state index contributed by atoms with van der Waals surface area (Å²) in [6.45, 7) is 0. The number of hydrogen-bond donors (Lipinski definition) is 0. The average molecular weight is 960 g/mol. The normalized spacial score (nSPS) is 12.5. The molecule has 0 atom stereocenters. The molecule has 75 heavy (non-hydrogen) atoms. The molecular weight excluding hydrogens is 919 g/mol. The fraction of sp³-hybridized carbons (Fsp3) is 0. The van der Waals surface area contributed by atoms with Gasteiger partial charge in [-0.3, -0.25) is 4.90 Å². The van der Waals surface area contributed by atoms with Crippen LogP contribution in [0.1, 0.15) is 0 Å². The summed E-state index contributed by atoms with van der Waals surface area (Å²) in [5.41, 5.74) is 17.7. The van der Waals surface area contributed by atoms with Crippen molar-refractivity contribution in [2.24, 2.45) is 0 Å². The Hall–Kier alpha value is -10.2. The number of aromatic nitrogens is 4. The molecule has 16 rings (SSSR count). The van der Waals surface area contributed by atoms with Crippen LogP contribution in [0.3, 0.4) is 0 Å². The SMILES string of the molecule is c1ccc(-c2ccc3c(c2)c2cc(-c4ccc5c(c4)c4ccccc4n5-c4cccc(-c5nc(-c6ccccc6)c6ccccc6n5)c4)ccc2n3-c2cc3c4c(c2)Oc2ccccc2N4c2ccccc2O3)cc1. The van der Waals surface area contributed by atoms with E-state index in [2.05, 4.69) is 226 Å². The Morgan fingerprint density at radius 3 is 1.44 bits per heavy atom. The van der Waals surface area contributed by atoms with Crippen LogP contribution in [-0.4, -0.2) is 19.1 Å². The molecule has 0 fully saturated rings. The molecule has 0 radical (unpaired) electrons. The maximum Gasteiger partial charge on any atom is 0.160 e. The van der Waals surface area contributed by atoms with Gasteiger partial charge in [-0.15, -0.1) is 0 Å². The molecule has 0 unspecified atom stereocenters. The molecule has 0 saturated heterocycles. The summed E-state index contributed by atoms with van der Waals surface area (Å²) in [7, 11) is 0. The quantitative estimate of drug-likeness (QED) is 0.166. The highest BCUT2D eigenvalue weighted by atomic mass is 16.5. The third-order valence-corrected chi connectivity index (χ3v) is 15.0. The molecule has 7 heteroatoms. The van der Waals surface area contributed by atoms with Crippen LogP contribution in [-0.2, 0) is 0 Å². The van der Waals surface area contributed by atoms with Crippen LogP contribution in [0, 0.1) is 0 Å². The van der Waals surface area contributed by atoms with Crippen molar-refractivity contribution in [2.45, 2.75) is 0 Å². The van der Waals surface area contributed by atoms with Crippen LogP contribution in [0.15, 0.2) is 249 Å². The van der Waals surface area contributed by atoms with Crippen LogP contribution in [0.2, 0.25) is 0 Å². The predicted octanol–water partition coefficient (Wildman–Crippen LogP) is 18.2. The van der Waals surface area contributed by atoms with Gasteiger partial charge in [0.2, 0.25) is 0 Å². The molecule has 0 N–H and O–H groups in total. The van der Waals surface area contributed by atoms with E-state index in [1.54, 1.807) is 0 Å². The van der Waals surface area contributed by atoms with Crippen LogP contribution >= 0.6 is 0 Å². The second kappa shape index (κ2) is 16.1. The second-order valence-corrected chi connectivity index (χ2v) is 19.3. The van der Waals surface area contributed by atoms with Gasteiger partial charge in [-0.25, -0.2) is 9.97 Å². The first-order valence-electron chi connectivity index (χ1n) is 25.3. The van der Waals surface area contributed by atoms with E-state index in [1.165, 1.54) is 16.3 Å². The molecule has 0 aliphatic carbocycles. The van der Waals surface area contributed by atoms with E-state index in [-0.39, 0.29) is 0 Å². The summed E-state index contributed by atoms with van der Waals surface area (Å²) in [6, 6.07) is 88.0. The maximum absolute atomic E-state index is 6.77. The summed E-state index contributed by atoms with van der Waals surface area (Å²) >= 11 is 0. The van der Waals surface area contributed by atoms with Crippen molar-refractivity contribution in [3.63, 3.8) is 0 Å². The molecule has 0 amide bonds. The topological polar surface area (TPSA) is 57.3 Å². The minimum absolute atomic E-state index is 0.691. The summed E-state index contributed by atoms with van der Waals surface area (Å²) in [4.78, 5) is 12.6. The molecule has 14 aromatic rings. The van der Waals surface area contributed by atoms with Crippen molar-refractivity contribution in [3.8, 4) is 79.3 Å². The van der Waals surface area contributed by atoms with E-state index < -0.39 is 0 Å². The van der Waals surface area contributed by atoms with Crippen LogP contribution < -0.4 is 14.4 Å². The highest BCUT2D eigenvalue weighted by molar-refractivity contribution is 6.14. The highest BCUT2D eigenvalue weighted by Crippen LogP contribution is 2.60. The Morgan fingerprint density at radius 1 is 0.293 bits per heavy atom. The number of hydrogen-bond acceptors (Lipinski definition) is 5. The summed E-state index contributed by atoms with van der Waals surface area (Å²) in [5.74, 6) is 3.76. The fourth-order valence-corrected chi connectivity index (χ4v) is 11.7. The lowest BCUT2D eigenvalue weighted by molar-refractivity contribution is 0.445. The predicted molar refractivity (Wildman–Crippen MR) is 305 cm³/mol. The smallest absolute Gasteiger partial charge is 0.160 e. The number of anilines is 3. The first kappa shape index (κ1) is 41.4. The van der Waals surface area contributed by atoms with Gasteiger partial charge in [-0.2, -0.15) is 0 Å². The van der Waals surface area contributed by atoms with Crippen molar-refractivity contribution >= 4 is 71.6 Å². The molecule has 0 saturated carbocycles. The Kier molecular flexibility index (Phi) is 8.90. The molecule has 0 bridgehead atoms.